The van der Waals surface area contributed by atoms with Crippen molar-refractivity contribution >= 4 is 5.91 Å². The van der Waals surface area contributed by atoms with Crippen LogP contribution in [0.5, 0.6) is 0 Å². The summed E-state index contributed by atoms with van der Waals surface area (Å²) >= 11 is 0. The lowest BCUT2D eigenvalue weighted by Gasteiger charge is -2.22. The molecular weight excluding hydrogens is 166 g/mol. The number of carbonyl (C=O) groups excluding carboxylic acids is 1. The van der Waals surface area contributed by atoms with Crippen LogP contribution in [-0.2, 0) is 4.79 Å². The Kier molecular flexibility index (Phi) is 3.69. The molecule has 0 saturated heterocycles. The number of hydrogen-bond donors (Lipinski definition) is 3. The minimum atomic E-state index is -0.589. The quantitative estimate of drug-likeness (QED) is 0.527. The Balaban J connectivity index is 2.29. The molecule has 0 aliphatic heterocycles. The van der Waals surface area contributed by atoms with E-state index in [-0.39, 0.29) is 5.91 Å². The topological polar surface area (TPSA) is 81.1 Å². The maximum Gasteiger partial charge on any atom is 0.240 e. The monoisotopic (exact) mass is 185 g/mol. The third kappa shape index (κ3) is 2.67. The smallest absolute Gasteiger partial charge is 0.240 e. The molecule has 0 unspecified atom stereocenters. The van der Waals surface area contributed by atoms with Crippen LogP contribution in [0.4, 0.5) is 0 Å². The molecule has 0 spiro atoms. The van der Waals surface area contributed by atoms with E-state index in [1.54, 1.807) is 0 Å². The first kappa shape index (κ1) is 10.5. The lowest BCUT2D eigenvalue weighted by Crippen LogP contribution is -2.52. The predicted molar refractivity (Wildman–Crippen MR) is 52.1 cm³/mol. The van der Waals surface area contributed by atoms with E-state index in [9.17, 15) is 4.79 Å². The van der Waals surface area contributed by atoms with Gasteiger partial charge in [0.15, 0.2) is 0 Å². The van der Waals surface area contributed by atoms with Gasteiger partial charge in [0, 0.05) is 6.54 Å². The fraction of sp³-hybridized carbons (Fsp3) is 0.889. The Labute approximate surface area is 79.0 Å². The highest BCUT2D eigenvalue weighted by molar-refractivity contribution is 5.86. The van der Waals surface area contributed by atoms with Crippen LogP contribution in [0.25, 0.3) is 0 Å². The van der Waals surface area contributed by atoms with Gasteiger partial charge in [-0.25, -0.2) is 0 Å². The molecule has 1 aliphatic rings. The molecule has 0 aromatic carbocycles. The molecule has 1 rings (SSSR count). The van der Waals surface area contributed by atoms with Crippen molar-refractivity contribution in [3.8, 4) is 0 Å². The van der Waals surface area contributed by atoms with Gasteiger partial charge in [-0.3, -0.25) is 4.79 Å². The summed E-state index contributed by atoms with van der Waals surface area (Å²) in [7, 11) is 0. The summed E-state index contributed by atoms with van der Waals surface area (Å²) in [5, 5.41) is 2.82. The largest absolute Gasteiger partial charge is 0.354 e. The summed E-state index contributed by atoms with van der Waals surface area (Å²) < 4.78 is 0. The molecule has 13 heavy (non-hydrogen) atoms. The van der Waals surface area contributed by atoms with Crippen LogP contribution in [0, 0.1) is 0 Å². The second-order valence-corrected chi connectivity index (χ2v) is 3.76. The van der Waals surface area contributed by atoms with Crippen molar-refractivity contribution in [3.63, 3.8) is 0 Å². The molecule has 4 nitrogen and oxygen atoms in total. The van der Waals surface area contributed by atoms with Crippen molar-refractivity contribution in [1.82, 2.24) is 5.32 Å². The molecule has 4 heteroatoms. The molecule has 1 fully saturated rings. The van der Waals surface area contributed by atoms with Gasteiger partial charge >= 0.3 is 0 Å². The van der Waals surface area contributed by atoms with Crippen molar-refractivity contribution in [3.05, 3.63) is 0 Å². The lowest BCUT2D eigenvalue weighted by atomic mass is 9.98. The SMILES string of the molecule is NCCCNC(=O)C1(N)CCCC1. The number of nitrogens with two attached hydrogens (primary N) is 2. The van der Waals surface area contributed by atoms with E-state index in [4.69, 9.17) is 11.5 Å². The first-order valence-electron chi connectivity index (χ1n) is 4.96. The van der Waals surface area contributed by atoms with Crippen LogP contribution in [0.15, 0.2) is 0 Å². The number of amides is 1. The van der Waals surface area contributed by atoms with Crippen LogP contribution in [0.2, 0.25) is 0 Å². The van der Waals surface area contributed by atoms with Gasteiger partial charge < -0.3 is 16.8 Å². The van der Waals surface area contributed by atoms with E-state index in [2.05, 4.69) is 5.32 Å². The second kappa shape index (κ2) is 4.58. The van der Waals surface area contributed by atoms with Crippen LogP contribution in [-0.4, -0.2) is 24.5 Å². The molecule has 0 atom stereocenters. The number of rotatable bonds is 4. The van der Waals surface area contributed by atoms with Crippen LogP contribution < -0.4 is 16.8 Å². The molecule has 1 saturated carbocycles. The van der Waals surface area contributed by atoms with E-state index in [0.29, 0.717) is 13.1 Å². The number of hydrogen-bond acceptors (Lipinski definition) is 3. The summed E-state index contributed by atoms with van der Waals surface area (Å²) in [5.41, 5.74) is 10.7. The first-order valence-corrected chi connectivity index (χ1v) is 4.96. The van der Waals surface area contributed by atoms with E-state index < -0.39 is 5.54 Å². The van der Waals surface area contributed by atoms with Gasteiger partial charge in [-0.1, -0.05) is 12.8 Å². The second-order valence-electron chi connectivity index (χ2n) is 3.76. The minimum Gasteiger partial charge on any atom is -0.354 e. The van der Waals surface area contributed by atoms with E-state index >= 15 is 0 Å². The molecule has 0 aromatic heterocycles. The maximum absolute atomic E-state index is 11.6. The van der Waals surface area contributed by atoms with Crippen molar-refractivity contribution in [2.75, 3.05) is 13.1 Å². The number of carbonyl (C=O) groups is 1. The Morgan fingerprint density at radius 3 is 2.54 bits per heavy atom. The third-order valence-corrected chi connectivity index (χ3v) is 2.61. The van der Waals surface area contributed by atoms with Gasteiger partial charge in [0.1, 0.15) is 0 Å². The average molecular weight is 185 g/mol. The summed E-state index contributed by atoms with van der Waals surface area (Å²) in [6.07, 6.45) is 4.60. The van der Waals surface area contributed by atoms with Gasteiger partial charge in [0.2, 0.25) is 5.91 Å². The predicted octanol–water partition coefficient (Wildman–Crippen LogP) is -0.277. The van der Waals surface area contributed by atoms with E-state index in [1.807, 2.05) is 0 Å². The highest BCUT2D eigenvalue weighted by Gasteiger charge is 2.36. The maximum atomic E-state index is 11.6. The fourth-order valence-electron chi connectivity index (χ4n) is 1.71. The van der Waals surface area contributed by atoms with Crippen molar-refractivity contribution in [2.45, 2.75) is 37.6 Å². The zero-order chi connectivity index (χ0) is 9.73. The zero-order valence-electron chi connectivity index (χ0n) is 8.01. The Morgan fingerprint density at radius 2 is 2.00 bits per heavy atom. The molecule has 5 N–H and O–H groups in total. The number of nitrogens with one attached hydrogen (secondary N) is 1. The molecule has 76 valence electrons. The summed E-state index contributed by atoms with van der Waals surface area (Å²) in [6.45, 7) is 1.26. The summed E-state index contributed by atoms with van der Waals surface area (Å²) in [5.74, 6) is -0.00144. The molecule has 0 heterocycles. The standard InChI is InChI=1S/C9H19N3O/c10-6-3-7-12-8(13)9(11)4-1-2-5-9/h1-7,10-11H2,(H,12,13). The minimum absolute atomic E-state index is 0.00144. The molecule has 0 radical (unpaired) electrons. The normalized spacial score (nSPS) is 20.2. The van der Waals surface area contributed by atoms with Crippen LogP contribution in [0.1, 0.15) is 32.1 Å². The van der Waals surface area contributed by atoms with Gasteiger partial charge in [-0.15, -0.1) is 0 Å². The van der Waals surface area contributed by atoms with Crippen LogP contribution in [0.3, 0.4) is 0 Å². The Bertz CT molecular complexity index is 176. The van der Waals surface area contributed by atoms with Crippen molar-refractivity contribution < 1.29 is 4.79 Å². The summed E-state index contributed by atoms with van der Waals surface area (Å²) in [4.78, 5) is 11.6. The average Bonchev–Trinajstić information content (AvgIpc) is 2.54. The van der Waals surface area contributed by atoms with Crippen LogP contribution >= 0.6 is 0 Å². The van der Waals surface area contributed by atoms with E-state index in [0.717, 1.165) is 32.1 Å². The Hall–Kier alpha value is -0.610. The van der Waals surface area contributed by atoms with Crippen molar-refractivity contribution in [2.24, 2.45) is 11.5 Å². The molecular formula is C9H19N3O. The van der Waals surface area contributed by atoms with Gasteiger partial charge in [0.05, 0.1) is 5.54 Å². The molecule has 0 bridgehead atoms. The zero-order valence-corrected chi connectivity index (χ0v) is 8.01. The lowest BCUT2D eigenvalue weighted by molar-refractivity contribution is -0.126. The van der Waals surface area contributed by atoms with Gasteiger partial charge in [0.25, 0.3) is 0 Å². The first-order chi connectivity index (χ1) is 6.19. The van der Waals surface area contributed by atoms with Crippen molar-refractivity contribution in [1.29, 1.82) is 0 Å². The fourth-order valence-corrected chi connectivity index (χ4v) is 1.71. The highest BCUT2D eigenvalue weighted by Crippen LogP contribution is 2.26. The Morgan fingerprint density at radius 1 is 1.38 bits per heavy atom. The molecule has 1 aliphatic carbocycles. The molecule has 1 amide bonds. The van der Waals surface area contributed by atoms with Gasteiger partial charge in [-0.2, -0.15) is 0 Å². The van der Waals surface area contributed by atoms with E-state index in [1.165, 1.54) is 0 Å². The summed E-state index contributed by atoms with van der Waals surface area (Å²) in [6, 6.07) is 0. The molecule has 0 aromatic rings. The third-order valence-electron chi connectivity index (χ3n) is 2.61. The highest BCUT2D eigenvalue weighted by atomic mass is 16.2. The van der Waals surface area contributed by atoms with Gasteiger partial charge in [-0.05, 0) is 25.8 Å².